The molecule has 0 unspecified atom stereocenters. The van der Waals surface area contributed by atoms with E-state index in [1.54, 1.807) is 0 Å². The highest BCUT2D eigenvalue weighted by molar-refractivity contribution is 7.80. The molecular weight excluding hydrogens is 278 g/mol. The summed E-state index contributed by atoms with van der Waals surface area (Å²) in [7, 11) is 0. The number of rotatable bonds is 6. The van der Waals surface area contributed by atoms with Crippen molar-refractivity contribution in [1.82, 2.24) is 5.32 Å². The Morgan fingerprint density at radius 2 is 1.86 bits per heavy atom. The van der Waals surface area contributed by atoms with Gasteiger partial charge in [0.2, 0.25) is 0 Å². The van der Waals surface area contributed by atoms with Crippen molar-refractivity contribution in [2.45, 2.75) is 43.4 Å². The van der Waals surface area contributed by atoms with Gasteiger partial charge in [-0.1, -0.05) is 30.3 Å². The fourth-order valence-electron chi connectivity index (χ4n) is 2.40. The predicted octanol–water partition coefficient (Wildman–Crippen LogP) is 4.20. The van der Waals surface area contributed by atoms with Gasteiger partial charge in [0, 0.05) is 18.0 Å². The van der Waals surface area contributed by atoms with Gasteiger partial charge in [0.1, 0.15) is 5.75 Å². The molecule has 3 heteroatoms. The Labute approximate surface area is 131 Å². The second kappa shape index (κ2) is 7.01. The van der Waals surface area contributed by atoms with Crippen molar-refractivity contribution >= 4 is 12.6 Å². The third-order valence-electron chi connectivity index (χ3n) is 3.89. The van der Waals surface area contributed by atoms with Crippen LogP contribution in [0.25, 0.3) is 0 Å². The molecule has 0 atom stereocenters. The number of ether oxygens (including phenoxy) is 1. The summed E-state index contributed by atoms with van der Waals surface area (Å²) >= 11 is 4.54. The Morgan fingerprint density at radius 1 is 1.05 bits per heavy atom. The van der Waals surface area contributed by atoms with Crippen LogP contribution in [0, 0.1) is 0 Å². The number of nitrogens with one attached hydrogen (secondary N) is 1. The molecule has 0 heterocycles. The average Bonchev–Trinajstić information content (AvgIpc) is 2.47. The molecule has 1 N–H and O–H groups in total. The highest BCUT2D eigenvalue weighted by Gasteiger charge is 2.19. The molecule has 110 valence electrons. The monoisotopic (exact) mass is 299 g/mol. The zero-order valence-electron chi connectivity index (χ0n) is 12.1. The highest BCUT2D eigenvalue weighted by atomic mass is 32.1. The molecule has 3 rings (SSSR count). The summed E-state index contributed by atoms with van der Waals surface area (Å²) in [4.78, 5) is 1.01. The number of benzene rings is 2. The van der Waals surface area contributed by atoms with Crippen LogP contribution in [0.15, 0.2) is 53.4 Å². The third-order valence-corrected chi connectivity index (χ3v) is 4.33. The molecule has 0 spiro atoms. The van der Waals surface area contributed by atoms with Crippen molar-refractivity contribution in [3.63, 3.8) is 0 Å². The van der Waals surface area contributed by atoms with Gasteiger partial charge in [-0.2, -0.15) is 0 Å². The molecule has 2 aromatic carbocycles. The van der Waals surface area contributed by atoms with Gasteiger partial charge in [-0.3, -0.25) is 0 Å². The smallest absolute Gasteiger partial charge is 0.120 e. The normalized spacial score (nSPS) is 14.7. The van der Waals surface area contributed by atoms with E-state index in [4.69, 9.17) is 4.74 Å². The third kappa shape index (κ3) is 4.02. The number of hydrogen-bond acceptors (Lipinski definition) is 3. The summed E-state index contributed by atoms with van der Waals surface area (Å²) in [5.74, 6) is 0.967. The topological polar surface area (TPSA) is 21.3 Å². The van der Waals surface area contributed by atoms with Gasteiger partial charge in [0.25, 0.3) is 0 Å². The number of thiol groups is 1. The van der Waals surface area contributed by atoms with E-state index in [1.165, 1.54) is 30.4 Å². The standard InChI is InChI=1S/C18H21NOS/c21-18-10-9-17(20-16-7-4-8-16)11-15(18)13-19-12-14-5-2-1-3-6-14/h1-3,5-6,9-11,16,19,21H,4,7-8,12-13H2. The van der Waals surface area contributed by atoms with Gasteiger partial charge in [-0.15, -0.1) is 12.6 Å². The van der Waals surface area contributed by atoms with Crippen molar-refractivity contribution in [3.05, 3.63) is 59.7 Å². The van der Waals surface area contributed by atoms with Crippen LogP contribution in [0.3, 0.4) is 0 Å². The van der Waals surface area contributed by atoms with E-state index >= 15 is 0 Å². The molecular formula is C18H21NOS. The minimum Gasteiger partial charge on any atom is -0.490 e. The average molecular weight is 299 g/mol. The molecule has 1 aliphatic rings. The van der Waals surface area contributed by atoms with Gasteiger partial charge in [-0.05, 0) is 48.6 Å². The summed E-state index contributed by atoms with van der Waals surface area (Å²) in [5, 5.41) is 3.46. The van der Waals surface area contributed by atoms with Crippen molar-refractivity contribution in [1.29, 1.82) is 0 Å². The van der Waals surface area contributed by atoms with Crippen LogP contribution in [0.4, 0.5) is 0 Å². The Bertz CT molecular complexity index is 581. The Morgan fingerprint density at radius 3 is 2.57 bits per heavy atom. The predicted molar refractivity (Wildman–Crippen MR) is 88.9 cm³/mol. The first-order valence-electron chi connectivity index (χ1n) is 7.54. The zero-order chi connectivity index (χ0) is 14.5. The Balaban J connectivity index is 1.57. The van der Waals surface area contributed by atoms with Crippen molar-refractivity contribution in [2.24, 2.45) is 0 Å². The molecule has 0 aromatic heterocycles. The number of hydrogen-bond donors (Lipinski definition) is 2. The molecule has 0 saturated heterocycles. The van der Waals surface area contributed by atoms with E-state index in [1.807, 2.05) is 18.2 Å². The van der Waals surface area contributed by atoms with Gasteiger partial charge in [-0.25, -0.2) is 0 Å². The van der Waals surface area contributed by atoms with E-state index in [0.29, 0.717) is 6.10 Å². The minimum absolute atomic E-state index is 0.417. The molecule has 2 aromatic rings. The lowest BCUT2D eigenvalue weighted by Crippen LogP contribution is -2.24. The molecule has 0 aliphatic heterocycles. The Kier molecular flexibility index (Phi) is 4.84. The summed E-state index contributed by atoms with van der Waals surface area (Å²) < 4.78 is 5.95. The van der Waals surface area contributed by atoms with E-state index in [2.05, 4.69) is 48.3 Å². The lowest BCUT2D eigenvalue weighted by atomic mass is 9.96. The van der Waals surface area contributed by atoms with Crippen LogP contribution in [0.5, 0.6) is 5.75 Å². The summed E-state index contributed by atoms with van der Waals surface area (Å²) in [5.41, 5.74) is 2.48. The van der Waals surface area contributed by atoms with Crippen LogP contribution in [0.2, 0.25) is 0 Å². The van der Waals surface area contributed by atoms with Crippen LogP contribution in [-0.2, 0) is 13.1 Å². The summed E-state index contributed by atoms with van der Waals surface area (Å²) in [6, 6.07) is 16.6. The van der Waals surface area contributed by atoms with E-state index in [0.717, 1.165) is 23.7 Å². The fraction of sp³-hybridized carbons (Fsp3) is 0.333. The maximum atomic E-state index is 5.95. The highest BCUT2D eigenvalue weighted by Crippen LogP contribution is 2.27. The van der Waals surface area contributed by atoms with Gasteiger partial charge < -0.3 is 10.1 Å². The molecule has 0 radical (unpaired) electrons. The maximum absolute atomic E-state index is 5.95. The zero-order valence-corrected chi connectivity index (χ0v) is 13.0. The van der Waals surface area contributed by atoms with E-state index in [-0.39, 0.29) is 0 Å². The largest absolute Gasteiger partial charge is 0.490 e. The first kappa shape index (κ1) is 14.5. The first-order chi connectivity index (χ1) is 10.3. The van der Waals surface area contributed by atoms with Gasteiger partial charge in [0.15, 0.2) is 0 Å². The maximum Gasteiger partial charge on any atom is 0.120 e. The fourth-order valence-corrected chi connectivity index (χ4v) is 2.61. The van der Waals surface area contributed by atoms with E-state index in [9.17, 15) is 0 Å². The minimum atomic E-state index is 0.417. The first-order valence-corrected chi connectivity index (χ1v) is 7.99. The molecule has 1 aliphatic carbocycles. The molecule has 1 fully saturated rings. The molecule has 1 saturated carbocycles. The van der Waals surface area contributed by atoms with Crippen molar-refractivity contribution < 1.29 is 4.74 Å². The van der Waals surface area contributed by atoms with Crippen molar-refractivity contribution in [3.8, 4) is 5.75 Å². The summed E-state index contributed by atoms with van der Waals surface area (Å²) in [6.45, 7) is 1.66. The summed E-state index contributed by atoms with van der Waals surface area (Å²) in [6.07, 6.45) is 4.08. The molecule has 0 bridgehead atoms. The lowest BCUT2D eigenvalue weighted by molar-refractivity contribution is 0.120. The van der Waals surface area contributed by atoms with Crippen LogP contribution in [-0.4, -0.2) is 6.10 Å². The van der Waals surface area contributed by atoms with Gasteiger partial charge >= 0.3 is 0 Å². The van der Waals surface area contributed by atoms with Crippen LogP contribution in [0.1, 0.15) is 30.4 Å². The Hall–Kier alpha value is -1.45. The van der Waals surface area contributed by atoms with Crippen LogP contribution < -0.4 is 10.1 Å². The lowest BCUT2D eigenvalue weighted by Gasteiger charge is -2.26. The van der Waals surface area contributed by atoms with E-state index < -0.39 is 0 Å². The van der Waals surface area contributed by atoms with Gasteiger partial charge in [0.05, 0.1) is 6.10 Å². The SMILES string of the molecule is Sc1ccc(OC2CCC2)cc1CNCc1ccccc1. The molecule has 0 amide bonds. The quantitative estimate of drug-likeness (QED) is 0.780. The second-order valence-corrected chi connectivity index (χ2v) is 6.03. The second-order valence-electron chi connectivity index (χ2n) is 5.55. The van der Waals surface area contributed by atoms with Crippen molar-refractivity contribution in [2.75, 3.05) is 0 Å². The molecule has 21 heavy (non-hydrogen) atoms. The van der Waals surface area contributed by atoms with Crippen LogP contribution >= 0.6 is 12.6 Å². The molecule has 2 nitrogen and oxygen atoms in total.